The Labute approximate surface area is 161 Å². The zero-order valence-corrected chi connectivity index (χ0v) is 16.7. The zero-order chi connectivity index (χ0) is 19.3. The first-order valence-corrected chi connectivity index (χ1v) is 11.2. The zero-order valence-electron chi connectivity index (χ0n) is 15.9. The Bertz CT molecular complexity index is 739. The molecule has 0 saturated carbocycles. The summed E-state index contributed by atoms with van der Waals surface area (Å²) in [5, 5.41) is 2.89. The van der Waals surface area contributed by atoms with Crippen LogP contribution in [0, 0.1) is 0 Å². The van der Waals surface area contributed by atoms with E-state index in [9.17, 15) is 13.2 Å². The number of anilines is 1. The van der Waals surface area contributed by atoms with Gasteiger partial charge < -0.3 is 10.1 Å². The van der Waals surface area contributed by atoms with Crippen LogP contribution in [0.2, 0.25) is 0 Å². The van der Waals surface area contributed by atoms with Crippen molar-refractivity contribution in [3.05, 3.63) is 24.3 Å². The molecule has 2 aliphatic rings. The van der Waals surface area contributed by atoms with Gasteiger partial charge in [-0.05, 0) is 51.1 Å². The van der Waals surface area contributed by atoms with Gasteiger partial charge >= 0.3 is 0 Å². The molecule has 0 spiro atoms. The second kappa shape index (κ2) is 9.14. The van der Waals surface area contributed by atoms with E-state index in [0.717, 1.165) is 25.9 Å². The predicted molar refractivity (Wildman–Crippen MR) is 104 cm³/mol. The SMILES string of the molecule is C[C@H](C(=O)Nc1cccc(S(=O)(=O)N2CCOCC2)c1)N1CCCCCC1. The number of ether oxygens (including phenoxy) is 1. The largest absolute Gasteiger partial charge is 0.379 e. The lowest BCUT2D eigenvalue weighted by Crippen LogP contribution is -2.42. The topological polar surface area (TPSA) is 79.0 Å². The van der Waals surface area contributed by atoms with E-state index in [2.05, 4.69) is 10.2 Å². The summed E-state index contributed by atoms with van der Waals surface area (Å²) in [6.07, 6.45) is 4.66. The van der Waals surface area contributed by atoms with E-state index in [1.165, 1.54) is 23.2 Å². The minimum atomic E-state index is -3.57. The summed E-state index contributed by atoms with van der Waals surface area (Å²) in [7, 11) is -3.57. The molecule has 0 aliphatic carbocycles. The lowest BCUT2D eigenvalue weighted by Gasteiger charge is -2.27. The Morgan fingerprint density at radius 3 is 2.41 bits per heavy atom. The molecule has 2 fully saturated rings. The van der Waals surface area contributed by atoms with Crippen LogP contribution in [-0.4, -0.2) is 69.0 Å². The van der Waals surface area contributed by atoms with Crippen LogP contribution in [0.3, 0.4) is 0 Å². The van der Waals surface area contributed by atoms with Crippen LogP contribution in [-0.2, 0) is 19.6 Å². The number of rotatable bonds is 5. The van der Waals surface area contributed by atoms with Crippen LogP contribution in [0.1, 0.15) is 32.6 Å². The Balaban J connectivity index is 1.68. The van der Waals surface area contributed by atoms with Crippen molar-refractivity contribution >= 4 is 21.6 Å². The highest BCUT2D eigenvalue weighted by Crippen LogP contribution is 2.21. The van der Waals surface area contributed by atoms with Gasteiger partial charge in [0.2, 0.25) is 15.9 Å². The highest BCUT2D eigenvalue weighted by atomic mass is 32.2. The summed E-state index contributed by atoms with van der Waals surface area (Å²) in [5.74, 6) is -0.0992. The molecule has 1 amide bonds. The van der Waals surface area contributed by atoms with E-state index in [1.54, 1.807) is 18.2 Å². The molecule has 0 bridgehead atoms. The fourth-order valence-corrected chi connectivity index (χ4v) is 5.02. The third-order valence-electron chi connectivity index (χ3n) is 5.28. The maximum Gasteiger partial charge on any atom is 0.243 e. The average molecular weight is 396 g/mol. The summed E-state index contributed by atoms with van der Waals surface area (Å²) in [4.78, 5) is 15.1. The van der Waals surface area contributed by atoms with Crippen molar-refractivity contribution in [1.82, 2.24) is 9.21 Å². The fourth-order valence-electron chi connectivity index (χ4n) is 3.57. The Kier molecular flexibility index (Phi) is 6.86. The predicted octanol–water partition coefficient (Wildman–Crippen LogP) is 1.91. The van der Waals surface area contributed by atoms with E-state index in [-0.39, 0.29) is 16.8 Å². The highest BCUT2D eigenvalue weighted by molar-refractivity contribution is 7.89. The summed E-state index contributed by atoms with van der Waals surface area (Å²) >= 11 is 0. The van der Waals surface area contributed by atoms with Crippen LogP contribution in [0.4, 0.5) is 5.69 Å². The molecule has 1 N–H and O–H groups in total. The van der Waals surface area contributed by atoms with Crippen molar-refractivity contribution in [2.75, 3.05) is 44.7 Å². The first-order chi connectivity index (χ1) is 13.0. The van der Waals surface area contributed by atoms with Gasteiger partial charge in [0.25, 0.3) is 0 Å². The molecule has 7 nitrogen and oxygen atoms in total. The number of sulfonamides is 1. The van der Waals surface area contributed by atoms with Crippen LogP contribution in [0.25, 0.3) is 0 Å². The minimum Gasteiger partial charge on any atom is -0.379 e. The Morgan fingerprint density at radius 2 is 1.74 bits per heavy atom. The van der Waals surface area contributed by atoms with Crippen molar-refractivity contribution in [3.63, 3.8) is 0 Å². The van der Waals surface area contributed by atoms with Crippen LogP contribution < -0.4 is 5.32 Å². The second-order valence-electron chi connectivity index (χ2n) is 7.16. The van der Waals surface area contributed by atoms with Crippen LogP contribution in [0.5, 0.6) is 0 Å². The summed E-state index contributed by atoms with van der Waals surface area (Å²) in [5.41, 5.74) is 0.510. The molecule has 2 heterocycles. The van der Waals surface area contributed by atoms with Gasteiger partial charge in [-0.1, -0.05) is 18.9 Å². The number of nitrogens with zero attached hydrogens (tertiary/aromatic N) is 2. The van der Waals surface area contributed by atoms with Gasteiger partial charge in [0, 0.05) is 18.8 Å². The molecule has 0 radical (unpaired) electrons. The molecule has 1 aromatic carbocycles. The molecule has 8 heteroatoms. The third kappa shape index (κ3) is 5.07. The smallest absolute Gasteiger partial charge is 0.243 e. The number of hydrogen-bond donors (Lipinski definition) is 1. The van der Waals surface area contributed by atoms with Crippen molar-refractivity contribution in [2.24, 2.45) is 0 Å². The van der Waals surface area contributed by atoms with Gasteiger partial charge in [0.1, 0.15) is 0 Å². The lowest BCUT2D eigenvalue weighted by molar-refractivity contribution is -0.120. The lowest BCUT2D eigenvalue weighted by atomic mass is 10.2. The number of morpholine rings is 1. The Hall–Kier alpha value is -1.48. The van der Waals surface area contributed by atoms with E-state index in [1.807, 2.05) is 6.92 Å². The maximum atomic E-state index is 12.8. The third-order valence-corrected chi connectivity index (χ3v) is 7.17. The van der Waals surface area contributed by atoms with Crippen LogP contribution >= 0.6 is 0 Å². The summed E-state index contributed by atoms with van der Waals surface area (Å²) in [6.45, 7) is 5.29. The maximum absolute atomic E-state index is 12.8. The molecular formula is C19H29N3O4S. The van der Waals surface area contributed by atoms with Crippen molar-refractivity contribution < 1.29 is 17.9 Å². The first kappa shape index (κ1) is 20.3. The quantitative estimate of drug-likeness (QED) is 0.824. The fraction of sp³-hybridized carbons (Fsp3) is 0.632. The standard InChI is InChI=1S/C19H29N3O4S/c1-16(21-9-4-2-3-5-10-21)19(23)20-17-7-6-8-18(15-17)27(24,25)22-11-13-26-14-12-22/h6-8,15-16H,2-5,9-14H2,1H3,(H,20,23)/t16-/m1/s1. The van der Waals surface area contributed by atoms with Gasteiger partial charge in [0.15, 0.2) is 0 Å². The number of amides is 1. The summed E-state index contributed by atoms with van der Waals surface area (Å²) in [6, 6.07) is 6.27. The molecule has 2 saturated heterocycles. The van der Waals surface area contributed by atoms with Crippen molar-refractivity contribution in [1.29, 1.82) is 0 Å². The molecule has 1 aromatic rings. The minimum absolute atomic E-state index is 0.0992. The van der Waals surface area contributed by atoms with Gasteiger partial charge in [-0.25, -0.2) is 8.42 Å². The molecule has 1 atom stereocenters. The molecule has 0 aromatic heterocycles. The van der Waals surface area contributed by atoms with Gasteiger partial charge in [-0.15, -0.1) is 0 Å². The number of nitrogens with one attached hydrogen (secondary N) is 1. The molecule has 150 valence electrons. The van der Waals surface area contributed by atoms with E-state index in [4.69, 9.17) is 4.74 Å². The van der Waals surface area contributed by atoms with Gasteiger partial charge in [0.05, 0.1) is 24.2 Å². The van der Waals surface area contributed by atoms with Gasteiger partial charge in [-0.2, -0.15) is 4.31 Å². The monoisotopic (exact) mass is 395 g/mol. The second-order valence-corrected chi connectivity index (χ2v) is 9.10. The van der Waals surface area contributed by atoms with Crippen LogP contribution in [0.15, 0.2) is 29.2 Å². The first-order valence-electron chi connectivity index (χ1n) is 9.71. The highest BCUT2D eigenvalue weighted by Gasteiger charge is 2.27. The number of hydrogen-bond acceptors (Lipinski definition) is 5. The van der Waals surface area contributed by atoms with E-state index >= 15 is 0 Å². The van der Waals surface area contributed by atoms with Gasteiger partial charge in [-0.3, -0.25) is 9.69 Å². The normalized spacial score (nSPS) is 21.4. The summed E-state index contributed by atoms with van der Waals surface area (Å²) < 4.78 is 32.2. The number of carbonyl (C=O) groups is 1. The number of likely N-dealkylation sites (tertiary alicyclic amines) is 1. The Morgan fingerprint density at radius 1 is 1.07 bits per heavy atom. The molecule has 3 rings (SSSR count). The molecule has 2 aliphatic heterocycles. The van der Waals surface area contributed by atoms with Crippen molar-refractivity contribution in [3.8, 4) is 0 Å². The number of benzene rings is 1. The average Bonchev–Trinajstić information content (AvgIpc) is 2.98. The molecule has 0 unspecified atom stereocenters. The number of carbonyl (C=O) groups excluding carboxylic acids is 1. The van der Waals surface area contributed by atoms with Crippen molar-refractivity contribution in [2.45, 2.75) is 43.5 Å². The van der Waals surface area contributed by atoms with E-state index < -0.39 is 10.0 Å². The molecule has 27 heavy (non-hydrogen) atoms. The van der Waals surface area contributed by atoms with E-state index in [0.29, 0.717) is 32.0 Å². The molecular weight excluding hydrogens is 366 g/mol.